The summed E-state index contributed by atoms with van der Waals surface area (Å²) >= 11 is 6.37. The number of piperidine rings is 1. The maximum atomic E-state index is 14.9. The van der Waals surface area contributed by atoms with E-state index in [2.05, 4.69) is 41.6 Å². The van der Waals surface area contributed by atoms with Crippen LogP contribution in [-0.4, -0.2) is 91.5 Å². The molecule has 0 aliphatic carbocycles. The Balaban J connectivity index is 0.662. The maximum Gasteiger partial charge on any atom is 0.255 e. The third kappa shape index (κ3) is 10.5. The molecule has 68 heavy (non-hydrogen) atoms. The van der Waals surface area contributed by atoms with Gasteiger partial charge in [-0.05, 0) is 98.8 Å². The van der Waals surface area contributed by atoms with Gasteiger partial charge in [-0.15, -0.1) is 5.10 Å². The van der Waals surface area contributed by atoms with Crippen LogP contribution >= 0.6 is 11.6 Å². The van der Waals surface area contributed by atoms with Gasteiger partial charge in [0.2, 0.25) is 23.7 Å². The van der Waals surface area contributed by atoms with Gasteiger partial charge in [-0.1, -0.05) is 41.1 Å². The van der Waals surface area contributed by atoms with Gasteiger partial charge in [0.15, 0.2) is 0 Å². The molecular weight excluding hydrogens is 896 g/mol. The number of nitrogens with one attached hydrogen (secondary N) is 4. The molecule has 0 saturated carbocycles. The molecule has 4 amide bonds. The molecule has 19 heteroatoms. The zero-order valence-corrected chi connectivity index (χ0v) is 37.5. The Bertz CT molecular complexity index is 2910. The highest BCUT2D eigenvalue weighted by Gasteiger charge is 2.39. The van der Waals surface area contributed by atoms with E-state index in [4.69, 9.17) is 21.3 Å². The van der Waals surface area contributed by atoms with Crippen LogP contribution in [-0.2, 0) is 38.8 Å². The minimum atomic E-state index is -0.721. The maximum absolute atomic E-state index is 14.9. The topological polar surface area (TPSA) is 198 Å². The van der Waals surface area contributed by atoms with Crippen LogP contribution in [0.25, 0.3) is 22.5 Å². The lowest BCUT2D eigenvalue weighted by molar-refractivity contribution is -0.137. The van der Waals surface area contributed by atoms with E-state index in [1.165, 1.54) is 23.1 Å². The predicted molar refractivity (Wildman–Crippen MR) is 250 cm³/mol. The van der Waals surface area contributed by atoms with Crippen molar-refractivity contribution in [1.82, 2.24) is 40.5 Å². The first-order valence-corrected chi connectivity index (χ1v) is 22.7. The van der Waals surface area contributed by atoms with E-state index in [9.17, 15) is 28.0 Å². The largest absolute Gasteiger partial charge is 0.381 e. The number of hydrogen-bond acceptors (Lipinski definition) is 12. The second kappa shape index (κ2) is 20.7. The lowest BCUT2D eigenvalue weighted by atomic mass is 9.95. The number of anilines is 3. The van der Waals surface area contributed by atoms with Gasteiger partial charge >= 0.3 is 0 Å². The summed E-state index contributed by atoms with van der Waals surface area (Å²) in [5, 5.41) is 20.6. The fourth-order valence-corrected chi connectivity index (χ4v) is 8.60. The van der Waals surface area contributed by atoms with E-state index in [1.54, 1.807) is 42.6 Å². The highest BCUT2D eigenvalue weighted by Crippen LogP contribution is 2.35. The van der Waals surface area contributed by atoms with Crippen LogP contribution in [0.1, 0.15) is 71.1 Å². The number of benzene rings is 4. The van der Waals surface area contributed by atoms with E-state index in [0.717, 1.165) is 54.7 Å². The van der Waals surface area contributed by atoms with E-state index in [-0.39, 0.29) is 55.1 Å². The van der Waals surface area contributed by atoms with Gasteiger partial charge in [-0.3, -0.25) is 34.2 Å². The van der Waals surface area contributed by atoms with Gasteiger partial charge in [-0.2, -0.15) is 0 Å². The van der Waals surface area contributed by atoms with Crippen molar-refractivity contribution in [3.05, 3.63) is 136 Å². The number of unbranched alkanes of at least 4 members (excludes halogenated alkanes) is 2. The van der Waals surface area contributed by atoms with Crippen LogP contribution in [0.15, 0.2) is 96.2 Å². The monoisotopic (exact) mass is 941 g/mol. The number of ether oxygens (including phenoxy) is 1. The molecule has 16 nitrogen and oxygen atoms in total. The van der Waals surface area contributed by atoms with Crippen molar-refractivity contribution in [1.29, 1.82) is 0 Å². The molecule has 0 bridgehead atoms. The third-order valence-corrected chi connectivity index (χ3v) is 12.1. The number of amides is 4. The summed E-state index contributed by atoms with van der Waals surface area (Å²) in [5.41, 5.74) is 6.46. The van der Waals surface area contributed by atoms with Crippen molar-refractivity contribution in [3.8, 4) is 22.5 Å². The second-order valence-electron chi connectivity index (χ2n) is 16.6. The van der Waals surface area contributed by atoms with Gasteiger partial charge in [-0.25, -0.2) is 18.7 Å². The molecule has 1 unspecified atom stereocenters. The van der Waals surface area contributed by atoms with Crippen LogP contribution in [0.3, 0.4) is 0 Å². The highest BCUT2D eigenvalue weighted by molar-refractivity contribution is 6.31. The molecule has 4 aromatic carbocycles. The van der Waals surface area contributed by atoms with E-state index in [1.807, 2.05) is 35.1 Å². The number of aliphatic imine (C=N–C) groups is 1. The number of imide groups is 1. The summed E-state index contributed by atoms with van der Waals surface area (Å²) in [5.74, 6) is -2.38. The molecule has 1 atom stereocenters. The molecule has 1 saturated heterocycles. The van der Waals surface area contributed by atoms with Gasteiger partial charge in [0, 0.05) is 83.1 Å². The molecule has 9 rings (SSSR count). The van der Waals surface area contributed by atoms with Gasteiger partial charge < -0.3 is 25.6 Å². The minimum Gasteiger partial charge on any atom is -0.381 e. The number of fused-ring (bicyclic) bond motifs is 4. The lowest BCUT2D eigenvalue weighted by Crippen LogP contribution is -2.52. The van der Waals surface area contributed by atoms with Crippen molar-refractivity contribution in [2.75, 3.05) is 36.9 Å². The van der Waals surface area contributed by atoms with Crippen molar-refractivity contribution >= 4 is 58.3 Å². The van der Waals surface area contributed by atoms with E-state index >= 15 is 0 Å². The first-order valence-electron chi connectivity index (χ1n) is 22.4. The average molecular weight is 942 g/mol. The summed E-state index contributed by atoms with van der Waals surface area (Å²) in [6, 6.07) is 20.9. The van der Waals surface area contributed by atoms with Gasteiger partial charge in [0.25, 0.3) is 5.91 Å². The smallest absolute Gasteiger partial charge is 0.255 e. The zero-order valence-electron chi connectivity index (χ0n) is 36.7. The summed E-state index contributed by atoms with van der Waals surface area (Å²) in [7, 11) is 0. The quantitative estimate of drug-likeness (QED) is 0.0512. The van der Waals surface area contributed by atoms with Gasteiger partial charge in [0.1, 0.15) is 23.4 Å². The number of aryl methyl sites for hydroxylation is 1. The number of nitrogens with zero attached hydrogens (tertiary/aromatic N) is 7. The summed E-state index contributed by atoms with van der Waals surface area (Å²) < 4.78 is 37.5. The van der Waals surface area contributed by atoms with E-state index < -0.39 is 23.6 Å². The Kier molecular flexibility index (Phi) is 14.0. The predicted octanol–water partition coefficient (Wildman–Crippen LogP) is 6.99. The van der Waals surface area contributed by atoms with Crippen molar-refractivity contribution in [3.63, 3.8) is 0 Å². The first-order chi connectivity index (χ1) is 33.1. The highest BCUT2D eigenvalue weighted by atomic mass is 35.5. The number of aromatic nitrogens is 5. The summed E-state index contributed by atoms with van der Waals surface area (Å²) in [6.07, 6.45) is 7.58. The van der Waals surface area contributed by atoms with Gasteiger partial charge in [0.05, 0.1) is 36.3 Å². The normalized spacial score (nSPS) is 15.3. The van der Waals surface area contributed by atoms with Crippen LogP contribution in [0.4, 0.5) is 26.1 Å². The molecule has 348 valence electrons. The Morgan fingerprint density at radius 1 is 0.882 bits per heavy atom. The number of rotatable bonds is 18. The molecule has 5 heterocycles. The summed E-state index contributed by atoms with van der Waals surface area (Å²) in [6.45, 7) is 3.01. The zero-order chi connectivity index (χ0) is 47.1. The first kappa shape index (κ1) is 45.9. The second-order valence-corrected chi connectivity index (χ2v) is 17.0. The van der Waals surface area contributed by atoms with E-state index in [0.29, 0.717) is 70.8 Å². The van der Waals surface area contributed by atoms with Crippen LogP contribution in [0, 0.1) is 11.6 Å². The summed E-state index contributed by atoms with van der Waals surface area (Å²) in [4.78, 5) is 64.7. The Morgan fingerprint density at radius 3 is 2.50 bits per heavy atom. The van der Waals surface area contributed by atoms with Crippen molar-refractivity contribution in [2.45, 2.75) is 64.2 Å². The Labute approximate surface area is 394 Å². The van der Waals surface area contributed by atoms with Crippen molar-refractivity contribution in [2.24, 2.45) is 4.99 Å². The van der Waals surface area contributed by atoms with Crippen LogP contribution < -0.4 is 21.3 Å². The molecule has 1 fully saturated rings. The standard InChI is InChI=1S/C49H46ClF2N11O5/c50-32-10-14-36-37(23-32)46(44-38(51)6-4-7-39(44)52)54-24-31-25-55-49(59-45(31)36)57-33-11-8-29(9-12-33)40-28-62(61-60-40)19-2-1-3-20-68-21-5-18-53-26-43(65)56-34-13-15-35-30(22-34)27-63(48(35)67)41-16-17-42(64)58-47(41)66/h4,6-15,22-23,25,28,41,53H,1-3,5,16-21,24,26-27H2,(H,56,65)(H,55,57,59)(H,58,64,66). The number of carbonyl (C=O) groups excluding carboxylic acids is 4. The molecule has 0 radical (unpaired) electrons. The molecule has 2 aromatic heterocycles. The van der Waals surface area contributed by atoms with Crippen LogP contribution in [0.5, 0.6) is 0 Å². The lowest BCUT2D eigenvalue weighted by Gasteiger charge is -2.29. The Morgan fingerprint density at radius 2 is 1.68 bits per heavy atom. The number of halogens is 3. The molecule has 3 aliphatic heterocycles. The SMILES string of the molecule is O=C1CCC(N2Cc3cc(NC(=O)CNCCCOCCCCCn4cc(-c5ccc(Nc6ncc7c(n6)-c6ccc(Cl)cc6C(c6c(F)cccc6F)=NC7)cc5)nn4)ccc3C2=O)C(=O)N1. The molecule has 6 aromatic rings. The fourth-order valence-electron chi connectivity index (χ4n) is 8.43. The third-order valence-electron chi connectivity index (χ3n) is 11.8. The number of carbonyl (C=O) groups is 4. The Hall–Kier alpha value is -7.28. The minimum absolute atomic E-state index is 0.117. The fraction of sp³-hybridized carbons (Fsp3) is 0.286. The molecule has 3 aliphatic rings. The molecule has 4 N–H and O–H groups in total. The molecule has 0 spiro atoms. The van der Waals surface area contributed by atoms with Crippen molar-refractivity contribution < 1.29 is 32.7 Å². The average Bonchev–Trinajstić information content (AvgIpc) is 3.89. The van der Waals surface area contributed by atoms with Crippen LogP contribution in [0.2, 0.25) is 5.02 Å². The number of hydrogen-bond donors (Lipinski definition) is 4. The molecular formula is C49H46ClF2N11O5.